The molecule has 0 atom stereocenters. The summed E-state index contributed by atoms with van der Waals surface area (Å²) in [6.07, 6.45) is 0.474. The van der Waals surface area contributed by atoms with E-state index in [1.807, 2.05) is 164 Å². The van der Waals surface area contributed by atoms with Crippen molar-refractivity contribution in [3.05, 3.63) is 199 Å². The van der Waals surface area contributed by atoms with Gasteiger partial charge in [0.25, 0.3) is 0 Å². The van der Waals surface area contributed by atoms with Crippen LogP contribution in [-0.2, 0) is 33.6 Å². The molecule has 264 valence electrons. The van der Waals surface area contributed by atoms with Crippen LogP contribution >= 0.6 is 0 Å². The van der Waals surface area contributed by atoms with Crippen molar-refractivity contribution in [2.45, 2.75) is 19.3 Å². The molecule has 0 radical (unpaired) electrons. The predicted molar refractivity (Wildman–Crippen MR) is 219 cm³/mol. The van der Waals surface area contributed by atoms with Crippen LogP contribution in [-0.4, -0.2) is 17.7 Å². The highest BCUT2D eigenvalue weighted by Gasteiger charge is 2.13. The zero-order valence-corrected chi connectivity index (χ0v) is 29.7. The molecule has 0 saturated carbocycles. The van der Waals surface area contributed by atoms with Crippen LogP contribution in [0.5, 0.6) is 0 Å². The first kappa shape index (κ1) is 35.4. The Morgan fingerprint density at radius 1 is 0.296 bits per heavy atom. The SMILES string of the molecule is O=C(Cc1ccc(-c2ccccc2)cc1)Nc1cc(NC(=O)Cc2ccc(-c3ccccc3)cc2)cc(NC(=O)Cc2ccc(-c3ccccc3)cc2)c1. The molecule has 0 unspecified atom stereocenters. The van der Waals surface area contributed by atoms with E-state index >= 15 is 0 Å². The molecular weight excluding hydrogens is 667 g/mol. The van der Waals surface area contributed by atoms with Gasteiger partial charge >= 0.3 is 0 Å². The normalized spacial score (nSPS) is 10.7. The molecule has 7 aromatic carbocycles. The van der Waals surface area contributed by atoms with Crippen molar-refractivity contribution >= 4 is 34.8 Å². The number of nitrogens with one attached hydrogen (secondary N) is 3. The Morgan fingerprint density at radius 3 is 0.759 bits per heavy atom. The number of carbonyl (C=O) groups excluding carboxylic acids is 3. The second-order valence-corrected chi connectivity index (χ2v) is 13.2. The Balaban J connectivity index is 1.04. The molecule has 0 spiro atoms. The molecule has 0 aromatic heterocycles. The van der Waals surface area contributed by atoms with E-state index in [1.165, 1.54) is 0 Å². The maximum atomic E-state index is 13.3. The summed E-state index contributed by atoms with van der Waals surface area (Å²) in [6.45, 7) is 0. The van der Waals surface area contributed by atoms with Crippen molar-refractivity contribution in [2.75, 3.05) is 16.0 Å². The Hall–Kier alpha value is -7.05. The lowest BCUT2D eigenvalue weighted by atomic mass is 10.0. The van der Waals surface area contributed by atoms with Crippen molar-refractivity contribution < 1.29 is 14.4 Å². The van der Waals surface area contributed by atoms with Crippen LogP contribution in [0.2, 0.25) is 0 Å². The second-order valence-electron chi connectivity index (χ2n) is 13.2. The first-order valence-electron chi connectivity index (χ1n) is 17.9. The van der Waals surface area contributed by atoms with Crippen molar-refractivity contribution in [1.29, 1.82) is 0 Å². The van der Waals surface area contributed by atoms with Crippen molar-refractivity contribution in [2.24, 2.45) is 0 Å². The summed E-state index contributed by atoms with van der Waals surface area (Å²) >= 11 is 0. The van der Waals surface area contributed by atoms with E-state index in [0.717, 1.165) is 50.1 Å². The van der Waals surface area contributed by atoms with Gasteiger partial charge in [0.1, 0.15) is 0 Å². The molecule has 6 heteroatoms. The molecule has 3 N–H and O–H groups in total. The Labute approximate surface area is 315 Å². The van der Waals surface area contributed by atoms with Crippen LogP contribution in [0.4, 0.5) is 17.1 Å². The average molecular weight is 706 g/mol. The molecule has 7 rings (SSSR count). The minimum absolute atomic E-state index is 0.158. The number of benzene rings is 7. The summed E-state index contributed by atoms with van der Waals surface area (Å²) in [4.78, 5) is 39.8. The van der Waals surface area contributed by atoms with Gasteiger partial charge < -0.3 is 16.0 Å². The van der Waals surface area contributed by atoms with Gasteiger partial charge in [0.05, 0.1) is 19.3 Å². The third-order valence-electron chi connectivity index (χ3n) is 9.06. The fourth-order valence-electron chi connectivity index (χ4n) is 6.35. The highest BCUT2D eigenvalue weighted by molar-refractivity contribution is 5.99. The Morgan fingerprint density at radius 2 is 0.519 bits per heavy atom. The van der Waals surface area contributed by atoms with Gasteiger partial charge in [-0.25, -0.2) is 0 Å². The monoisotopic (exact) mass is 705 g/mol. The summed E-state index contributed by atoms with van der Waals surface area (Å²) in [5.74, 6) is -0.666. The highest BCUT2D eigenvalue weighted by Crippen LogP contribution is 2.26. The van der Waals surface area contributed by atoms with Gasteiger partial charge in [-0.05, 0) is 68.3 Å². The van der Waals surface area contributed by atoms with Crippen LogP contribution < -0.4 is 16.0 Å². The van der Waals surface area contributed by atoms with E-state index in [9.17, 15) is 14.4 Å². The Bertz CT molecular complexity index is 2060. The average Bonchev–Trinajstić information content (AvgIpc) is 3.19. The maximum absolute atomic E-state index is 13.3. The molecule has 6 nitrogen and oxygen atoms in total. The number of carbonyl (C=O) groups is 3. The van der Waals surface area contributed by atoms with Crippen molar-refractivity contribution in [1.82, 2.24) is 0 Å². The molecule has 0 fully saturated rings. The lowest BCUT2D eigenvalue weighted by Gasteiger charge is -2.14. The number of rotatable bonds is 12. The van der Waals surface area contributed by atoms with Crippen molar-refractivity contribution in [3.63, 3.8) is 0 Å². The highest BCUT2D eigenvalue weighted by atomic mass is 16.2. The summed E-state index contributed by atoms with van der Waals surface area (Å²) in [6, 6.07) is 59.0. The topological polar surface area (TPSA) is 87.3 Å². The third-order valence-corrected chi connectivity index (χ3v) is 9.06. The fraction of sp³-hybridized carbons (Fsp3) is 0.0625. The number of anilines is 3. The standard InChI is InChI=1S/C48H39N3O3/c52-46(28-34-16-22-40(23-17-34)37-10-4-1-5-11-37)49-43-31-44(50-47(53)29-35-18-24-41(25-19-35)38-12-6-2-7-13-38)33-45(32-43)51-48(54)30-36-20-26-42(27-21-36)39-14-8-3-9-15-39/h1-27,31-33H,28-30H2,(H,49,52)(H,50,53)(H,51,54). The minimum atomic E-state index is -0.222. The van der Waals surface area contributed by atoms with E-state index in [-0.39, 0.29) is 37.0 Å². The first-order chi connectivity index (χ1) is 26.4. The third kappa shape index (κ3) is 9.63. The lowest BCUT2D eigenvalue weighted by molar-refractivity contribution is -0.116. The fourth-order valence-corrected chi connectivity index (χ4v) is 6.35. The van der Waals surface area contributed by atoms with E-state index in [2.05, 4.69) is 16.0 Å². The van der Waals surface area contributed by atoms with Crippen molar-refractivity contribution in [3.8, 4) is 33.4 Å². The quantitative estimate of drug-likeness (QED) is 0.118. The van der Waals surface area contributed by atoms with Crippen LogP contribution in [0.15, 0.2) is 182 Å². The van der Waals surface area contributed by atoms with E-state index in [4.69, 9.17) is 0 Å². The zero-order valence-electron chi connectivity index (χ0n) is 29.7. The molecule has 0 heterocycles. The number of hydrogen-bond acceptors (Lipinski definition) is 3. The van der Waals surface area contributed by atoms with E-state index < -0.39 is 0 Å². The maximum Gasteiger partial charge on any atom is 0.228 e. The molecule has 0 aliphatic rings. The lowest BCUT2D eigenvalue weighted by Crippen LogP contribution is -2.18. The van der Waals surface area contributed by atoms with Gasteiger partial charge in [-0.15, -0.1) is 0 Å². The predicted octanol–water partition coefficient (Wildman–Crippen LogP) is 10.2. The van der Waals surface area contributed by atoms with E-state index in [0.29, 0.717) is 17.1 Å². The summed E-state index contributed by atoms with van der Waals surface area (Å²) in [5, 5.41) is 8.90. The summed E-state index contributed by atoms with van der Waals surface area (Å²) in [7, 11) is 0. The molecule has 0 aliphatic heterocycles. The Kier molecular flexibility index (Phi) is 11.1. The van der Waals surface area contributed by atoms with Gasteiger partial charge in [0.15, 0.2) is 0 Å². The summed E-state index contributed by atoms with van der Waals surface area (Å²) in [5.41, 5.74) is 10.5. The molecule has 54 heavy (non-hydrogen) atoms. The van der Waals surface area contributed by atoms with Crippen LogP contribution in [0.1, 0.15) is 16.7 Å². The smallest absolute Gasteiger partial charge is 0.228 e. The number of amides is 3. The van der Waals surface area contributed by atoms with Gasteiger partial charge in [-0.1, -0.05) is 164 Å². The zero-order chi connectivity index (χ0) is 37.1. The second kappa shape index (κ2) is 17.0. The van der Waals surface area contributed by atoms with Crippen LogP contribution in [0.25, 0.3) is 33.4 Å². The molecule has 3 amide bonds. The molecule has 0 saturated heterocycles. The number of hydrogen-bond donors (Lipinski definition) is 3. The molecular formula is C48H39N3O3. The van der Waals surface area contributed by atoms with Gasteiger partial charge in [0, 0.05) is 17.1 Å². The van der Waals surface area contributed by atoms with Crippen LogP contribution in [0.3, 0.4) is 0 Å². The molecule has 0 aliphatic carbocycles. The minimum Gasteiger partial charge on any atom is -0.326 e. The van der Waals surface area contributed by atoms with Gasteiger partial charge in [-0.2, -0.15) is 0 Å². The van der Waals surface area contributed by atoms with Gasteiger partial charge in [-0.3, -0.25) is 14.4 Å². The van der Waals surface area contributed by atoms with Crippen LogP contribution in [0, 0.1) is 0 Å². The largest absolute Gasteiger partial charge is 0.326 e. The molecule has 7 aromatic rings. The van der Waals surface area contributed by atoms with Gasteiger partial charge in [0.2, 0.25) is 17.7 Å². The van der Waals surface area contributed by atoms with E-state index in [1.54, 1.807) is 18.2 Å². The summed E-state index contributed by atoms with van der Waals surface area (Å²) < 4.78 is 0. The first-order valence-corrected chi connectivity index (χ1v) is 17.9. The molecule has 0 bridgehead atoms.